The summed E-state index contributed by atoms with van der Waals surface area (Å²) in [4.78, 5) is 56.2. The van der Waals surface area contributed by atoms with E-state index in [2.05, 4.69) is 33.7 Å². The highest BCUT2D eigenvalue weighted by Gasteiger charge is 2.32. The molecule has 81 heavy (non-hydrogen) atoms. The Morgan fingerprint density at radius 2 is 1.21 bits per heavy atom. The van der Waals surface area contributed by atoms with Crippen LogP contribution in [0.5, 0.6) is 17.2 Å². The van der Waals surface area contributed by atoms with Crippen LogP contribution in [0.2, 0.25) is 0 Å². The van der Waals surface area contributed by atoms with Gasteiger partial charge in [0, 0.05) is 18.5 Å². The average Bonchev–Trinajstić information content (AvgIpc) is 4.37. The maximum Gasteiger partial charge on any atom is 0.343 e. The van der Waals surface area contributed by atoms with Gasteiger partial charge in [-0.3, -0.25) is 4.99 Å². The summed E-state index contributed by atoms with van der Waals surface area (Å²) in [6.07, 6.45) is 19.9. The van der Waals surface area contributed by atoms with Crippen LogP contribution < -0.4 is 14.2 Å². The van der Waals surface area contributed by atoms with Crippen molar-refractivity contribution in [1.82, 2.24) is 10.2 Å². The van der Waals surface area contributed by atoms with E-state index in [-0.39, 0.29) is 29.4 Å². The van der Waals surface area contributed by atoms with Crippen LogP contribution in [0.25, 0.3) is 0 Å². The molecule has 0 bridgehead atoms. The molecule has 0 spiro atoms. The number of epoxide rings is 1. The molecular formula is C64H67F2N5O10. The third kappa shape index (κ3) is 22.5. The molecule has 1 fully saturated rings. The van der Waals surface area contributed by atoms with Gasteiger partial charge in [-0.25, -0.2) is 28.6 Å². The zero-order valence-corrected chi connectivity index (χ0v) is 45.6. The largest absolute Gasteiger partial charge is 0.494 e. The van der Waals surface area contributed by atoms with E-state index in [1.54, 1.807) is 18.3 Å². The lowest BCUT2D eigenvalue weighted by Crippen LogP contribution is -2.12. The molecule has 0 aliphatic carbocycles. The molecule has 17 heteroatoms. The number of hydrogen-bond donors (Lipinski definition) is 0. The van der Waals surface area contributed by atoms with Crippen molar-refractivity contribution in [2.45, 2.75) is 109 Å². The quantitative estimate of drug-likeness (QED) is 0.00994. The Labute approximate surface area is 471 Å². The number of ether oxygens (including phenoxy) is 6. The number of halogens is 2. The molecule has 1 aromatic heterocycles. The van der Waals surface area contributed by atoms with Gasteiger partial charge in [-0.2, -0.15) is 14.8 Å². The third-order valence-corrected chi connectivity index (χ3v) is 12.5. The maximum absolute atomic E-state index is 14.0. The summed E-state index contributed by atoms with van der Waals surface area (Å²) in [6.45, 7) is 7.61. The summed E-state index contributed by atoms with van der Waals surface area (Å²) in [6, 6.07) is 35.8. The minimum atomic E-state index is -1.44. The van der Waals surface area contributed by atoms with Crippen molar-refractivity contribution < 1.29 is 56.4 Å². The Balaban J connectivity index is 0.000000261. The van der Waals surface area contributed by atoms with Gasteiger partial charge < -0.3 is 28.4 Å². The van der Waals surface area contributed by atoms with Gasteiger partial charge in [0.1, 0.15) is 17.6 Å². The summed E-state index contributed by atoms with van der Waals surface area (Å²) >= 11 is 0. The zero-order chi connectivity index (χ0) is 57.4. The van der Waals surface area contributed by atoms with E-state index < -0.39 is 34.9 Å². The predicted molar refractivity (Wildman–Crippen MR) is 304 cm³/mol. The number of aryl methyl sites for hydroxylation is 2. The van der Waals surface area contributed by atoms with E-state index in [1.165, 1.54) is 49.3 Å². The van der Waals surface area contributed by atoms with Crippen molar-refractivity contribution in [2.75, 3.05) is 26.4 Å². The minimum absolute atomic E-state index is 0.0189. The monoisotopic (exact) mass is 1100 g/mol. The lowest BCUT2D eigenvalue weighted by atomic mass is 10.0. The van der Waals surface area contributed by atoms with Gasteiger partial charge in [-0.15, -0.1) is 5.10 Å². The number of aromatic nitrogens is 2. The van der Waals surface area contributed by atoms with Crippen LogP contribution >= 0.6 is 0 Å². The molecule has 0 amide bonds. The van der Waals surface area contributed by atoms with Gasteiger partial charge in [0.2, 0.25) is 5.82 Å². The van der Waals surface area contributed by atoms with Crippen LogP contribution in [-0.2, 0) is 36.6 Å². The normalized spacial score (nSPS) is 12.4. The fraction of sp³-hybridized carbons (Fsp3) is 0.328. The van der Waals surface area contributed by atoms with Crippen molar-refractivity contribution in [1.29, 1.82) is 5.26 Å². The van der Waals surface area contributed by atoms with Crippen LogP contribution in [0.15, 0.2) is 144 Å². The van der Waals surface area contributed by atoms with Gasteiger partial charge in [-0.1, -0.05) is 101 Å². The molecule has 6 aromatic rings. The number of carbonyl (C=O) groups is 4. The molecule has 7 rings (SSSR count). The molecule has 0 saturated carbocycles. The Morgan fingerprint density at radius 3 is 1.83 bits per heavy atom. The van der Waals surface area contributed by atoms with Gasteiger partial charge in [0.25, 0.3) is 0 Å². The molecule has 0 radical (unpaired) electrons. The molecule has 15 nitrogen and oxygen atoms in total. The van der Waals surface area contributed by atoms with Crippen molar-refractivity contribution in [3.05, 3.63) is 185 Å². The molecular weight excluding hydrogens is 1040 g/mol. The first-order valence-electron chi connectivity index (χ1n) is 27.3. The second-order valence-electron chi connectivity index (χ2n) is 18.9. The minimum Gasteiger partial charge on any atom is -0.494 e. The van der Waals surface area contributed by atoms with Crippen molar-refractivity contribution in [2.24, 2.45) is 9.98 Å². The van der Waals surface area contributed by atoms with Crippen molar-refractivity contribution in [3.8, 4) is 23.3 Å². The van der Waals surface area contributed by atoms with Crippen LogP contribution in [0.3, 0.4) is 0 Å². The number of unbranched alkanes of at least 4 members (excludes halogenated alkanes) is 10. The number of benzene rings is 5. The van der Waals surface area contributed by atoms with Crippen LogP contribution in [-0.4, -0.2) is 79.0 Å². The Kier molecular flexibility index (Phi) is 26.0. The van der Waals surface area contributed by atoms with Crippen LogP contribution in [0, 0.1) is 23.0 Å². The fourth-order valence-corrected chi connectivity index (χ4v) is 7.75. The van der Waals surface area contributed by atoms with Gasteiger partial charge in [0.05, 0.1) is 54.5 Å². The molecule has 5 aromatic carbocycles. The third-order valence-electron chi connectivity index (χ3n) is 12.5. The summed E-state index contributed by atoms with van der Waals surface area (Å²) in [7, 11) is 0. The fourth-order valence-electron chi connectivity index (χ4n) is 7.75. The van der Waals surface area contributed by atoms with E-state index in [0.717, 1.165) is 129 Å². The summed E-state index contributed by atoms with van der Waals surface area (Å²) in [5, 5.41) is 17.2. The number of hydrogen-bond acceptors (Lipinski definition) is 15. The smallest absolute Gasteiger partial charge is 0.343 e. The van der Waals surface area contributed by atoms with E-state index in [0.29, 0.717) is 37.8 Å². The average molecular weight is 1100 g/mol. The number of rotatable bonds is 31. The van der Waals surface area contributed by atoms with Crippen LogP contribution in [0.4, 0.5) is 20.3 Å². The standard InChI is InChI=1S/C33H40N4O3.C31H27F2NO7/c1-3-5-9-12-30-19-22-32(37-36-30)35-26-28-15-13-27(14-16-28)25-34-29-17-20-31(21-18-29)39-23-10-7-6-8-11-24-40-33(38)4-2;32-27-23(18-34)13-16-25(28(27)33)41-30(36)22-11-14-24(15-12-22)40-29(35)21-9-7-20(8-10-21)6-4-2-1-3-5-17-38-31(37)26-19-39-26/h4,13-22,25-26H,2-3,5-12,23-24H2,1H3;7-16,26H,1-6,17,19H2. The lowest BCUT2D eigenvalue weighted by Gasteiger charge is -2.08. The first-order valence-corrected chi connectivity index (χ1v) is 27.3. The first-order chi connectivity index (χ1) is 39.5. The van der Waals surface area contributed by atoms with E-state index in [1.807, 2.05) is 79.0 Å². The lowest BCUT2D eigenvalue weighted by molar-refractivity contribution is -0.145. The molecule has 1 aliphatic rings. The molecule has 1 unspecified atom stereocenters. The van der Waals surface area contributed by atoms with E-state index in [9.17, 15) is 28.0 Å². The number of nitrogens with zero attached hydrogens (tertiary/aromatic N) is 5. The number of aliphatic imine (C=N–C) groups is 2. The number of esters is 4. The van der Waals surface area contributed by atoms with E-state index >= 15 is 0 Å². The van der Waals surface area contributed by atoms with Gasteiger partial charge in [-0.05, 0) is 147 Å². The van der Waals surface area contributed by atoms with Crippen LogP contribution in [0.1, 0.15) is 139 Å². The number of nitriles is 1. The molecule has 2 heterocycles. The molecule has 0 N–H and O–H groups in total. The van der Waals surface area contributed by atoms with Gasteiger partial charge >= 0.3 is 23.9 Å². The molecule has 1 saturated heterocycles. The molecule has 1 aliphatic heterocycles. The summed E-state index contributed by atoms with van der Waals surface area (Å²) in [5.74, 6) is -4.01. The molecule has 1 atom stereocenters. The Morgan fingerprint density at radius 1 is 0.630 bits per heavy atom. The first kappa shape index (κ1) is 61.5. The molecule has 422 valence electrons. The second-order valence-corrected chi connectivity index (χ2v) is 18.9. The Bertz CT molecular complexity index is 3050. The van der Waals surface area contributed by atoms with E-state index in [4.69, 9.17) is 33.7 Å². The maximum atomic E-state index is 14.0. The topological polar surface area (TPSA) is 201 Å². The number of carbonyl (C=O) groups excluding carboxylic acids is 4. The summed E-state index contributed by atoms with van der Waals surface area (Å²) < 4.78 is 58.8. The SMILES string of the molecule is C=CC(=O)OCCCCCCCOc1ccc(N=Cc2ccc(C=Nc3ccc(CCCCC)nn3)cc2)cc1.N#Cc1ccc(OC(=O)c2ccc(OC(=O)c3ccc(CCCCCCCOC(=O)C4CO4)cc3)cc2)c(F)c1F. The van der Waals surface area contributed by atoms with Crippen molar-refractivity contribution in [3.63, 3.8) is 0 Å². The highest BCUT2D eigenvalue weighted by atomic mass is 19.2. The van der Waals surface area contributed by atoms with Crippen molar-refractivity contribution >= 4 is 47.8 Å². The zero-order valence-electron chi connectivity index (χ0n) is 45.6. The Hall–Kier alpha value is -8.75. The second kappa shape index (κ2) is 34.3. The highest BCUT2D eigenvalue weighted by molar-refractivity contribution is 5.93. The highest BCUT2D eigenvalue weighted by Crippen LogP contribution is 2.25. The summed E-state index contributed by atoms with van der Waals surface area (Å²) in [5.41, 5.74) is 4.85. The van der Waals surface area contributed by atoms with Gasteiger partial charge in [0.15, 0.2) is 23.5 Å². The predicted octanol–water partition coefficient (Wildman–Crippen LogP) is 13.5.